The predicted octanol–water partition coefficient (Wildman–Crippen LogP) is 3.74. The second-order valence-electron chi connectivity index (χ2n) is 3.99. The van der Waals surface area contributed by atoms with Gasteiger partial charge in [-0.15, -0.1) is 0 Å². The fourth-order valence-electron chi connectivity index (χ4n) is 1.67. The Kier molecular flexibility index (Phi) is 3.81. The molecule has 0 fully saturated rings. The smallest absolute Gasteiger partial charge is 0.140 e. The van der Waals surface area contributed by atoms with Gasteiger partial charge in [0, 0.05) is 5.56 Å². The summed E-state index contributed by atoms with van der Waals surface area (Å²) in [6.45, 7) is 1.88. The van der Waals surface area contributed by atoms with Crippen LogP contribution in [-0.2, 0) is 0 Å². The quantitative estimate of drug-likeness (QED) is 0.908. The normalized spacial score (nSPS) is 12.2. The third-order valence-corrected chi connectivity index (χ3v) is 3.19. The van der Waals surface area contributed by atoms with Crippen LogP contribution in [0.3, 0.4) is 0 Å². The molecule has 18 heavy (non-hydrogen) atoms. The van der Waals surface area contributed by atoms with Crippen molar-refractivity contribution in [1.29, 1.82) is 0 Å². The van der Waals surface area contributed by atoms with Crippen molar-refractivity contribution < 1.29 is 4.39 Å². The van der Waals surface area contributed by atoms with Gasteiger partial charge >= 0.3 is 0 Å². The zero-order valence-electron chi connectivity index (χ0n) is 9.82. The Morgan fingerprint density at radius 2 is 2.11 bits per heavy atom. The maximum absolute atomic E-state index is 13.6. The third kappa shape index (κ3) is 2.79. The van der Waals surface area contributed by atoms with E-state index in [2.05, 4.69) is 26.2 Å². The van der Waals surface area contributed by atoms with Gasteiger partial charge in [-0.05, 0) is 35.0 Å². The van der Waals surface area contributed by atoms with E-state index < -0.39 is 0 Å². The zero-order valence-corrected chi connectivity index (χ0v) is 11.4. The first kappa shape index (κ1) is 12.8. The van der Waals surface area contributed by atoms with E-state index in [0.29, 0.717) is 17.1 Å². The van der Waals surface area contributed by atoms with Crippen LogP contribution in [0, 0.1) is 5.82 Å². The lowest BCUT2D eigenvalue weighted by atomic mass is 10.1. The summed E-state index contributed by atoms with van der Waals surface area (Å²) in [5, 5.41) is 3.14. The summed E-state index contributed by atoms with van der Waals surface area (Å²) in [4.78, 5) is 4.17. The molecule has 94 valence electrons. The number of hydrogen-bond donors (Lipinski definition) is 2. The van der Waals surface area contributed by atoms with Crippen molar-refractivity contribution in [2.24, 2.45) is 0 Å². The van der Waals surface area contributed by atoms with E-state index in [1.807, 2.05) is 13.0 Å². The molecule has 5 heteroatoms. The summed E-state index contributed by atoms with van der Waals surface area (Å²) in [5.74, 6) is 0.407. The number of benzene rings is 1. The molecule has 0 aliphatic rings. The Bertz CT molecular complexity index is 560. The van der Waals surface area contributed by atoms with Crippen LogP contribution in [0.2, 0.25) is 0 Å². The van der Waals surface area contributed by atoms with Crippen molar-refractivity contribution in [2.75, 3.05) is 11.1 Å². The van der Waals surface area contributed by atoms with Gasteiger partial charge in [0.15, 0.2) is 0 Å². The largest absolute Gasteiger partial charge is 0.397 e. The van der Waals surface area contributed by atoms with Crippen molar-refractivity contribution in [2.45, 2.75) is 13.0 Å². The lowest BCUT2D eigenvalue weighted by molar-refractivity contribution is 0.600. The van der Waals surface area contributed by atoms with Gasteiger partial charge in [0.05, 0.1) is 22.4 Å². The Hall–Kier alpha value is -1.62. The summed E-state index contributed by atoms with van der Waals surface area (Å²) in [6, 6.07) is 8.24. The highest BCUT2D eigenvalue weighted by Gasteiger charge is 2.12. The predicted molar refractivity (Wildman–Crippen MR) is 74.8 cm³/mol. The standard InChI is InChI=1S/C13H13BrFN3/c1-8(10-4-2-3-5-12(10)15)18-13-11(14)6-9(16)7-17-13/h2-8H,16H2,1H3,(H,17,18). The van der Waals surface area contributed by atoms with Gasteiger partial charge in [-0.25, -0.2) is 9.37 Å². The fourth-order valence-corrected chi connectivity index (χ4v) is 2.15. The van der Waals surface area contributed by atoms with Crippen LogP contribution < -0.4 is 11.1 Å². The van der Waals surface area contributed by atoms with Gasteiger partial charge in [-0.3, -0.25) is 0 Å². The van der Waals surface area contributed by atoms with Crippen LogP contribution in [0.25, 0.3) is 0 Å². The van der Waals surface area contributed by atoms with Gasteiger partial charge < -0.3 is 11.1 Å². The van der Waals surface area contributed by atoms with Crippen LogP contribution in [-0.4, -0.2) is 4.98 Å². The van der Waals surface area contributed by atoms with Gasteiger partial charge in [-0.2, -0.15) is 0 Å². The Balaban J connectivity index is 2.21. The van der Waals surface area contributed by atoms with Gasteiger partial charge in [0.1, 0.15) is 11.6 Å². The summed E-state index contributed by atoms with van der Waals surface area (Å²) < 4.78 is 14.4. The lowest BCUT2D eigenvalue weighted by Gasteiger charge is -2.16. The van der Waals surface area contributed by atoms with Crippen LogP contribution in [0.1, 0.15) is 18.5 Å². The van der Waals surface area contributed by atoms with Gasteiger partial charge in [-0.1, -0.05) is 18.2 Å². The third-order valence-electron chi connectivity index (χ3n) is 2.59. The SMILES string of the molecule is CC(Nc1ncc(N)cc1Br)c1ccccc1F. The average Bonchev–Trinajstić information content (AvgIpc) is 2.33. The van der Waals surface area contributed by atoms with Gasteiger partial charge in [0.25, 0.3) is 0 Å². The highest BCUT2D eigenvalue weighted by atomic mass is 79.9. The highest BCUT2D eigenvalue weighted by Crippen LogP contribution is 2.26. The number of anilines is 2. The van der Waals surface area contributed by atoms with Crippen LogP contribution in [0.5, 0.6) is 0 Å². The minimum Gasteiger partial charge on any atom is -0.397 e. The van der Waals surface area contributed by atoms with Crippen molar-refractivity contribution in [3.8, 4) is 0 Å². The van der Waals surface area contributed by atoms with E-state index in [1.165, 1.54) is 6.07 Å². The van der Waals surface area contributed by atoms with E-state index in [4.69, 9.17) is 5.73 Å². The average molecular weight is 310 g/mol. The molecular weight excluding hydrogens is 297 g/mol. The Labute approximate surface area is 113 Å². The minimum atomic E-state index is -0.232. The van der Waals surface area contributed by atoms with E-state index in [1.54, 1.807) is 24.4 Å². The summed E-state index contributed by atoms with van der Waals surface area (Å²) in [7, 11) is 0. The molecule has 0 saturated carbocycles. The molecule has 0 aliphatic carbocycles. The second-order valence-corrected chi connectivity index (χ2v) is 4.84. The molecule has 1 heterocycles. The number of nitrogens with zero attached hydrogens (tertiary/aromatic N) is 1. The number of rotatable bonds is 3. The zero-order chi connectivity index (χ0) is 13.1. The molecule has 3 N–H and O–H groups in total. The number of pyridine rings is 1. The molecule has 0 amide bonds. The van der Waals surface area contributed by atoms with Crippen LogP contribution in [0.15, 0.2) is 41.0 Å². The lowest BCUT2D eigenvalue weighted by Crippen LogP contribution is -2.10. The van der Waals surface area contributed by atoms with Gasteiger partial charge in [0.2, 0.25) is 0 Å². The number of hydrogen-bond acceptors (Lipinski definition) is 3. The fraction of sp³-hybridized carbons (Fsp3) is 0.154. The number of nitrogens with two attached hydrogens (primary N) is 1. The Morgan fingerprint density at radius 3 is 2.78 bits per heavy atom. The van der Waals surface area contributed by atoms with E-state index in [9.17, 15) is 4.39 Å². The minimum absolute atomic E-state index is 0.182. The molecule has 0 bridgehead atoms. The number of nitrogen functional groups attached to an aromatic ring is 1. The molecule has 0 saturated heterocycles. The van der Waals surface area contributed by atoms with Crippen molar-refractivity contribution >= 4 is 27.4 Å². The summed E-state index contributed by atoms with van der Waals surface area (Å²) >= 11 is 3.37. The second kappa shape index (κ2) is 5.35. The number of nitrogens with one attached hydrogen (secondary N) is 1. The molecule has 1 atom stereocenters. The number of halogens is 2. The maximum atomic E-state index is 13.6. The van der Waals surface area contributed by atoms with Crippen molar-refractivity contribution in [1.82, 2.24) is 4.98 Å². The van der Waals surface area contributed by atoms with E-state index in [-0.39, 0.29) is 11.9 Å². The molecule has 2 aromatic rings. The summed E-state index contributed by atoms with van der Waals surface area (Å²) in [6.07, 6.45) is 1.56. The van der Waals surface area contributed by atoms with Crippen molar-refractivity contribution in [3.63, 3.8) is 0 Å². The molecule has 1 aromatic heterocycles. The molecular formula is C13H13BrFN3. The van der Waals surface area contributed by atoms with E-state index >= 15 is 0 Å². The molecule has 1 unspecified atom stereocenters. The first-order chi connectivity index (χ1) is 8.58. The molecule has 3 nitrogen and oxygen atoms in total. The summed E-state index contributed by atoms with van der Waals surface area (Å²) in [5.41, 5.74) is 6.79. The monoisotopic (exact) mass is 309 g/mol. The van der Waals surface area contributed by atoms with Crippen molar-refractivity contribution in [3.05, 3.63) is 52.4 Å². The highest BCUT2D eigenvalue weighted by molar-refractivity contribution is 9.10. The first-order valence-electron chi connectivity index (χ1n) is 5.50. The molecule has 0 aliphatic heterocycles. The topological polar surface area (TPSA) is 50.9 Å². The van der Waals surface area contributed by atoms with Crippen LogP contribution >= 0.6 is 15.9 Å². The van der Waals surface area contributed by atoms with E-state index in [0.717, 1.165) is 4.47 Å². The molecule has 0 spiro atoms. The maximum Gasteiger partial charge on any atom is 0.140 e. The Morgan fingerprint density at radius 1 is 1.39 bits per heavy atom. The molecule has 0 radical (unpaired) electrons. The molecule has 2 rings (SSSR count). The van der Waals surface area contributed by atoms with Crippen LogP contribution in [0.4, 0.5) is 15.9 Å². The first-order valence-corrected chi connectivity index (χ1v) is 6.29. The molecule has 1 aromatic carbocycles. The number of aromatic nitrogens is 1.